The van der Waals surface area contributed by atoms with E-state index in [1.54, 1.807) is 19.1 Å². The maximum Gasteiger partial charge on any atom is 0.338 e. The second-order valence-corrected chi connectivity index (χ2v) is 6.14. The van der Waals surface area contributed by atoms with Crippen LogP contribution in [0.4, 0.5) is 0 Å². The van der Waals surface area contributed by atoms with Crippen LogP contribution in [0.25, 0.3) is 16.8 Å². The zero-order valence-corrected chi connectivity index (χ0v) is 14.4. The average Bonchev–Trinajstić information content (AvgIpc) is 2.60. The summed E-state index contributed by atoms with van der Waals surface area (Å²) in [4.78, 5) is 23.3. The molecule has 0 saturated carbocycles. The highest BCUT2D eigenvalue weighted by Gasteiger charge is 2.30. The molecule has 1 atom stereocenters. The number of rotatable bonds is 5. The number of carboxylic acid groups (broad SMARTS) is 1. The molecule has 0 fully saturated rings. The minimum absolute atomic E-state index is 0.0573. The van der Waals surface area contributed by atoms with Gasteiger partial charge in [0.25, 0.3) is 0 Å². The van der Waals surface area contributed by atoms with Gasteiger partial charge in [0.05, 0.1) is 24.8 Å². The third-order valence-electron chi connectivity index (χ3n) is 4.08. The van der Waals surface area contributed by atoms with Crippen molar-refractivity contribution in [3.05, 3.63) is 47.0 Å². The number of carboxylic acids is 1. The minimum atomic E-state index is -1.09. The zero-order valence-electron chi connectivity index (χ0n) is 14.4. The molecule has 1 aliphatic heterocycles. The predicted octanol–water partition coefficient (Wildman–Crippen LogP) is 2.52. The first kappa shape index (κ1) is 18.0. The molecule has 3 rings (SSSR count). The quantitative estimate of drug-likeness (QED) is 0.658. The Morgan fingerprint density at radius 2 is 1.96 bits per heavy atom. The van der Waals surface area contributed by atoms with Gasteiger partial charge in [-0.15, -0.1) is 0 Å². The molecule has 0 spiro atoms. The summed E-state index contributed by atoms with van der Waals surface area (Å²) in [6.07, 6.45) is 3.37. The molecule has 2 radical (unpaired) electrons. The van der Waals surface area contributed by atoms with Gasteiger partial charge in [0.2, 0.25) is 0 Å². The Bertz CT molecular complexity index is 916. The summed E-state index contributed by atoms with van der Waals surface area (Å²) in [6.45, 7) is 1.18. The lowest BCUT2D eigenvalue weighted by Gasteiger charge is -2.31. The maximum absolute atomic E-state index is 12.5. The van der Waals surface area contributed by atoms with E-state index in [2.05, 4.69) is 0 Å². The monoisotopic (exact) mass is 352 g/mol. The molecule has 0 saturated heterocycles. The van der Waals surface area contributed by atoms with Crippen molar-refractivity contribution in [1.82, 2.24) is 0 Å². The van der Waals surface area contributed by atoms with Gasteiger partial charge in [-0.2, -0.15) is 0 Å². The largest absolute Gasteiger partial charge is 0.492 e. The molecule has 0 bridgehead atoms. The molecule has 26 heavy (non-hydrogen) atoms. The van der Waals surface area contributed by atoms with Gasteiger partial charge in [0, 0.05) is 16.5 Å². The van der Waals surface area contributed by atoms with Crippen molar-refractivity contribution in [2.45, 2.75) is 19.0 Å². The number of ether oxygens (including phenoxy) is 3. The van der Waals surface area contributed by atoms with Crippen molar-refractivity contribution in [3.8, 4) is 5.75 Å². The second kappa shape index (κ2) is 6.84. The summed E-state index contributed by atoms with van der Waals surface area (Å²) in [6, 6.07) is 7.33. The number of esters is 1. The molecule has 7 heteroatoms. The van der Waals surface area contributed by atoms with Crippen LogP contribution in [0.1, 0.15) is 28.4 Å². The minimum Gasteiger partial charge on any atom is -0.492 e. The maximum atomic E-state index is 12.5. The molecule has 1 unspecified atom stereocenters. The van der Waals surface area contributed by atoms with E-state index in [1.165, 1.54) is 7.11 Å². The molecule has 1 heterocycles. The fourth-order valence-electron chi connectivity index (χ4n) is 3.00. The summed E-state index contributed by atoms with van der Waals surface area (Å²) in [5.41, 5.74) is 0.344. The molecular formula is C19H17BO6. The van der Waals surface area contributed by atoms with Crippen LogP contribution in [0.2, 0.25) is 0 Å². The average molecular weight is 352 g/mol. The summed E-state index contributed by atoms with van der Waals surface area (Å²) in [7, 11) is 7.36. The Hall–Kier alpha value is -2.80. The van der Waals surface area contributed by atoms with Crippen LogP contribution in [-0.2, 0) is 20.9 Å². The fraction of sp³-hybridized carbons (Fsp3) is 0.263. The van der Waals surface area contributed by atoms with Gasteiger partial charge in [-0.05, 0) is 12.3 Å². The van der Waals surface area contributed by atoms with Gasteiger partial charge >= 0.3 is 11.9 Å². The first-order chi connectivity index (χ1) is 12.3. The van der Waals surface area contributed by atoms with Gasteiger partial charge in [-0.1, -0.05) is 36.4 Å². The van der Waals surface area contributed by atoms with Crippen LogP contribution in [0.5, 0.6) is 5.75 Å². The molecule has 0 amide bonds. The number of aliphatic carboxylic acids is 1. The topological polar surface area (TPSA) is 82.1 Å². The molecule has 6 nitrogen and oxygen atoms in total. The van der Waals surface area contributed by atoms with Gasteiger partial charge in [0.15, 0.2) is 0 Å². The van der Waals surface area contributed by atoms with Gasteiger partial charge in [0.1, 0.15) is 20.2 Å². The van der Waals surface area contributed by atoms with Crippen molar-refractivity contribution in [1.29, 1.82) is 0 Å². The second-order valence-electron chi connectivity index (χ2n) is 6.14. The normalized spacial score (nSPS) is 18.2. The smallest absolute Gasteiger partial charge is 0.338 e. The number of carbonyl (C=O) groups is 2. The van der Waals surface area contributed by atoms with E-state index in [4.69, 9.17) is 27.2 Å². The standard InChI is InChI=1S/C19H17BO6/c1-19(20)8-7-13-16(18(23)24-2)14(9-25-10-15(21)22)11-5-3-4-6-12(11)17(13)26-19/h3-8H,9-10H2,1-2H3,(H,21,22). The molecule has 1 aliphatic rings. The Morgan fingerprint density at radius 3 is 2.62 bits per heavy atom. The van der Waals surface area contributed by atoms with Gasteiger partial charge in [-0.25, -0.2) is 9.59 Å². The first-order valence-corrected chi connectivity index (χ1v) is 7.96. The van der Waals surface area contributed by atoms with Crippen LogP contribution in [0, 0.1) is 0 Å². The Kier molecular flexibility index (Phi) is 4.74. The van der Waals surface area contributed by atoms with E-state index in [9.17, 15) is 9.59 Å². The van der Waals surface area contributed by atoms with Crippen molar-refractivity contribution in [2.75, 3.05) is 13.7 Å². The fourth-order valence-corrected chi connectivity index (χ4v) is 3.00. The third-order valence-corrected chi connectivity index (χ3v) is 4.08. The number of carbonyl (C=O) groups excluding carboxylic acids is 1. The summed E-state index contributed by atoms with van der Waals surface area (Å²) in [5, 5.41) is 10.3. The molecule has 2 aromatic rings. The summed E-state index contributed by atoms with van der Waals surface area (Å²) >= 11 is 0. The first-order valence-electron chi connectivity index (χ1n) is 7.96. The van der Waals surface area contributed by atoms with Gasteiger partial charge in [-0.3, -0.25) is 0 Å². The lowest BCUT2D eigenvalue weighted by atomic mass is 9.80. The number of hydrogen-bond donors (Lipinski definition) is 1. The molecule has 132 valence electrons. The van der Waals surface area contributed by atoms with E-state index < -0.39 is 24.0 Å². The summed E-state index contributed by atoms with van der Waals surface area (Å²) in [5.74, 6) is -1.17. The third kappa shape index (κ3) is 3.30. The number of hydrogen-bond acceptors (Lipinski definition) is 5. The number of fused-ring (bicyclic) bond motifs is 3. The van der Waals surface area contributed by atoms with E-state index >= 15 is 0 Å². The molecule has 2 aromatic carbocycles. The van der Waals surface area contributed by atoms with E-state index in [0.29, 0.717) is 22.3 Å². The van der Waals surface area contributed by atoms with Crippen LogP contribution in [-0.4, -0.2) is 44.1 Å². The van der Waals surface area contributed by atoms with Crippen molar-refractivity contribution < 1.29 is 28.9 Å². The van der Waals surface area contributed by atoms with Crippen molar-refractivity contribution in [3.63, 3.8) is 0 Å². The van der Waals surface area contributed by atoms with Crippen molar-refractivity contribution >= 4 is 36.6 Å². The lowest BCUT2D eigenvalue weighted by Crippen LogP contribution is -2.32. The summed E-state index contributed by atoms with van der Waals surface area (Å²) < 4.78 is 16.1. The highest BCUT2D eigenvalue weighted by atomic mass is 16.5. The molecule has 0 aromatic heterocycles. The number of benzene rings is 2. The SMILES string of the molecule is [B]C1(C)C=Cc2c(C(=O)OC)c(COCC(=O)O)c3ccccc3c2O1. The van der Waals surface area contributed by atoms with E-state index in [1.807, 2.05) is 24.3 Å². The van der Waals surface area contributed by atoms with Gasteiger partial charge < -0.3 is 19.3 Å². The van der Waals surface area contributed by atoms with Crippen LogP contribution >= 0.6 is 0 Å². The lowest BCUT2D eigenvalue weighted by molar-refractivity contribution is -0.142. The van der Waals surface area contributed by atoms with Crippen LogP contribution in [0.15, 0.2) is 30.3 Å². The molecule has 0 aliphatic carbocycles. The van der Waals surface area contributed by atoms with Crippen LogP contribution < -0.4 is 4.74 Å². The van der Waals surface area contributed by atoms with Crippen LogP contribution in [0.3, 0.4) is 0 Å². The van der Waals surface area contributed by atoms with E-state index in [0.717, 1.165) is 5.39 Å². The van der Waals surface area contributed by atoms with E-state index in [-0.39, 0.29) is 12.2 Å². The molecular weight excluding hydrogens is 335 g/mol. The number of methoxy groups -OCH3 is 1. The predicted molar refractivity (Wildman–Crippen MR) is 96.4 cm³/mol. The Labute approximate surface area is 151 Å². The highest BCUT2D eigenvalue weighted by molar-refractivity contribution is 6.17. The zero-order chi connectivity index (χ0) is 18.9. The highest BCUT2D eigenvalue weighted by Crippen LogP contribution is 2.41. The Morgan fingerprint density at radius 1 is 1.27 bits per heavy atom. The Balaban J connectivity index is 2.27. The molecule has 1 N–H and O–H groups in total. The van der Waals surface area contributed by atoms with Crippen molar-refractivity contribution in [2.24, 2.45) is 0 Å².